The van der Waals surface area contributed by atoms with E-state index >= 15 is 0 Å². The van der Waals surface area contributed by atoms with Gasteiger partial charge >= 0.3 is 12.0 Å². The molecule has 0 saturated carbocycles. The van der Waals surface area contributed by atoms with E-state index in [9.17, 15) is 9.59 Å². The van der Waals surface area contributed by atoms with Gasteiger partial charge in [-0.1, -0.05) is 12.8 Å². The number of hydrogen-bond donors (Lipinski definition) is 2. The van der Waals surface area contributed by atoms with E-state index in [4.69, 9.17) is 5.11 Å². The van der Waals surface area contributed by atoms with E-state index in [-0.39, 0.29) is 18.5 Å². The molecule has 0 spiro atoms. The van der Waals surface area contributed by atoms with E-state index in [1.54, 1.807) is 4.90 Å². The largest absolute Gasteiger partial charge is 0.481 e. The quantitative estimate of drug-likeness (QED) is 0.642. The number of rotatable bonds is 9. The fraction of sp³-hybridized carbons (Fsp3) is 0.867. The summed E-state index contributed by atoms with van der Waals surface area (Å²) >= 11 is 1.87. The monoisotopic (exact) mass is 316 g/mol. The highest BCUT2D eigenvalue weighted by molar-refractivity contribution is 7.98. The standard InChI is InChI=1S/C15H28N2O3S/c1-21-11-7-3-2-5-9-16-15(20)17-10-6-4-8-13(17)12-14(18)19/h13H,2-12H2,1H3,(H,16,20)(H,18,19). The molecule has 1 fully saturated rings. The number of carboxylic acid groups (broad SMARTS) is 1. The number of nitrogens with zero attached hydrogens (tertiary/aromatic N) is 1. The van der Waals surface area contributed by atoms with Crippen molar-refractivity contribution < 1.29 is 14.7 Å². The molecule has 0 aromatic heterocycles. The minimum absolute atomic E-state index is 0.0576. The summed E-state index contributed by atoms with van der Waals surface area (Å²) in [5, 5.41) is 11.9. The van der Waals surface area contributed by atoms with E-state index in [1.165, 1.54) is 18.6 Å². The highest BCUT2D eigenvalue weighted by Gasteiger charge is 2.28. The van der Waals surface area contributed by atoms with Gasteiger partial charge in [-0.05, 0) is 44.1 Å². The summed E-state index contributed by atoms with van der Waals surface area (Å²) in [6, 6.07) is -0.233. The van der Waals surface area contributed by atoms with Crippen molar-refractivity contribution in [1.29, 1.82) is 0 Å². The van der Waals surface area contributed by atoms with E-state index in [2.05, 4.69) is 11.6 Å². The summed E-state index contributed by atoms with van der Waals surface area (Å²) in [5.41, 5.74) is 0. The molecular formula is C15H28N2O3S. The smallest absolute Gasteiger partial charge is 0.317 e. The second kappa shape index (κ2) is 10.8. The van der Waals surface area contributed by atoms with Crippen LogP contribution in [-0.2, 0) is 4.79 Å². The first-order chi connectivity index (χ1) is 10.1. The van der Waals surface area contributed by atoms with Crippen LogP contribution in [0.4, 0.5) is 4.79 Å². The summed E-state index contributed by atoms with van der Waals surface area (Å²) in [6.07, 6.45) is 9.54. The Morgan fingerprint density at radius 2 is 2.00 bits per heavy atom. The van der Waals surface area contributed by atoms with Gasteiger partial charge in [-0.3, -0.25) is 4.79 Å². The number of nitrogens with one attached hydrogen (secondary N) is 1. The molecule has 1 unspecified atom stereocenters. The van der Waals surface area contributed by atoms with E-state index < -0.39 is 5.97 Å². The number of piperidine rings is 1. The van der Waals surface area contributed by atoms with Crippen molar-refractivity contribution in [2.24, 2.45) is 0 Å². The van der Waals surface area contributed by atoms with Gasteiger partial charge in [-0.25, -0.2) is 4.79 Å². The molecule has 21 heavy (non-hydrogen) atoms. The molecule has 1 rings (SSSR count). The van der Waals surface area contributed by atoms with E-state index in [0.717, 1.165) is 32.1 Å². The van der Waals surface area contributed by atoms with Crippen LogP contribution in [0.2, 0.25) is 0 Å². The lowest BCUT2D eigenvalue weighted by molar-refractivity contribution is -0.138. The Labute approximate surface area is 131 Å². The van der Waals surface area contributed by atoms with Crippen molar-refractivity contribution in [3.8, 4) is 0 Å². The first kappa shape index (κ1) is 18.1. The summed E-state index contributed by atoms with van der Waals surface area (Å²) in [7, 11) is 0. The zero-order chi connectivity index (χ0) is 15.5. The highest BCUT2D eigenvalue weighted by atomic mass is 32.2. The fourth-order valence-electron chi connectivity index (χ4n) is 2.70. The molecule has 5 nitrogen and oxygen atoms in total. The third-order valence-electron chi connectivity index (χ3n) is 3.85. The molecule has 0 radical (unpaired) electrons. The zero-order valence-corrected chi connectivity index (χ0v) is 13.8. The number of hydrogen-bond acceptors (Lipinski definition) is 3. The number of carbonyl (C=O) groups is 2. The molecular weight excluding hydrogens is 288 g/mol. The Balaban J connectivity index is 2.21. The molecule has 2 N–H and O–H groups in total. The van der Waals surface area contributed by atoms with Gasteiger partial charge in [0.25, 0.3) is 0 Å². The van der Waals surface area contributed by atoms with Crippen LogP contribution in [0.3, 0.4) is 0 Å². The number of urea groups is 1. The molecule has 1 heterocycles. The Morgan fingerprint density at radius 1 is 1.24 bits per heavy atom. The van der Waals surface area contributed by atoms with Crippen LogP contribution in [0.25, 0.3) is 0 Å². The molecule has 0 aliphatic carbocycles. The minimum Gasteiger partial charge on any atom is -0.481 e. The molecule has 6 heteroatoms. The number of carbonyl (C=O) groups excluding carboxylic acids is 1. The first-order valence-electron chi connectivity index (χ1n) is 7.90. The highest BCUT2D eigenvalue weighted by Crippen LogP contribution is 2.19. The van der Waals surface area contributed by atoms with Crippen molar-refractivity contribution in [2.45, 2.75) is 57.4 Å². The van der Waals surface area contributed by atoms with Crippen molar-refractivity contribution in [1.82, 2.24) is 10.2 Å². The predicted molar refractivity (Wildman–Crippen MR) is 86.8 cm³/mol. The van der Waals surface area contributed by atoms with Crippen LogP contribution in [-0.4, -0.2) is 53.1 Å². The van der Waals surface area contributed by atoms with Gasteiger partial charge in [0.1, 0.15) is 0 Å². The maximum Gasteiger partial charge on any atom is 0.317 e. The summed E-state index contributed by atoms with van der Waals surface area (Å²) < 4.78 is 0. The molecule has 2 amide bonds. The molecule has 0 aromatic rings. The van der Waals surface area contributed by atoms with Crippen molar-refractivity contribution in [2.75, 3.05) is 25.1 Å². The molecule has 0 aromatic carbocycles. The minimum atomic E-state index is -0.825. The summed E-state index contributed by atoms with van der Waals surface area (Å²) in [6.45, 7) is 1.37. The second-order valence-electron chi connectivity index (χ2n) is 5.58. The topological polar surface area (TPSA) is 69.6 Å². The molecule has 122 valence electrons. The molecule has 1 saturated heterocycles. The van der Waals surface area contributed by atoms with Gasteiger partial charge in [0.15, 0.2) is 0 Å². The fourth-order valence-corrected chi connectivity index (χ4v) is 3.20. The van der Waals surface area contributed by atoms with Crippen LogP contribution in [0, 0.1) is 0 Å². The van der Waals surface area contributed by atoms with Gasteiger partial charge in [-0.15, -0.1) is 0 Å². The van der Waals surface area contributed by atoms with Crippen molar-refractivity contribution in [3.63, 3.8) is 0 Å². The maximum absolute atomic E-state index is 12.1. The number of likely N-dealkylation sites (tertiary alicyclic amines) is 1. The van der Waals surface area contributed by atoms with Gasteiger partial charge < -0.3 is 15.3 Å². The maximum atomic E-state index is 12.1. The lowest BCUT2D eigenvalue weighted by atomic mass is 10.00. The van der Waals surface area contributed by atoms with Crippen molar-refractivity contribution in [3.05, 3.63) is 0 Å². The average molecular weight is 316 g/mol. The predicted octanol–water partition coefficient (Wildman–Crippen LogP) is 2.95. The normalized spacial score (nSPS) is 18.5. The summed E-state index contributed by atoms with van der Waals surface area (Å²) in [5.74, 6) is 0.380. The Hall–Kier alpha value is -0.910. The van der Waals surface area contributed by atoms with Crippen LogP contribution in [0.15, 0.2) is 0 Å². The SMILES string of the molecule is CSCCCCCCNC(=O)N1CCCCC1CC(=O)O. The number of aliphatic carboxylic acids is 1. The molecule has 0 bridgehead atoms. The van der Waals surface area contributed by atoms with E-state index in [1.807, 2.05) is 11.8 Å². The molecule has 1 aliphatic rings. The second-order valence-corrected chi connectivity index (χ2v) is 6.57. The summed E-state index contributed by atoms with van der Waals surface area (Å²) in [4.78, 5) is 24.7. The van der Waals surface area contributed by atoms with Crippen LogP contribution < -0.4 is 5.32 Å². The van der Waals surface area contributed by atoms with Crippen LogP contribution in [0.5, 0.6) is 0 Å². The van der Waals surface area contributed by atoms with Gasteiger partial charge in [0.2, 0.25) is 0 Å². The molecule has 1 aliphatic heterocycles. The number of amides is 2. The van der Waals surface area contributed by atoms with Crippen molar-refractivity contribution >= 4 is 23.8 Å². The Bertz CT molecular complexity index is 326. The Kier molecular flexibility index (Phi) is 9.30. The van der Waals surface area contributed by atoms with Crippen LogP contribution in [0.1, 0.15) is 51.4 Å². The first-order valence-corrected chi connectivity index (χ1v) is 9.29. The lowest BCUT2D eigenvalue weighted by Gasteiger charge is -2.34. The number of thioether (sulfide) groups is 1. The number of carboxylic acids is 1. The van der Waals surface area contributed by atoms with Crippen LogP contribution >= 0.6 is 11.8 Å². The third-order valence-corrected chi connectivity index (χ3v) is 4.55. The lowest BCUT2D eigenvalue weighted by Crippen LogP contribution is -2.49. The zero-order valence-electron chi connectivity index (χ0n) is 13.0. The Morgan fingerprint density at radius 3 is 2.71 bits per heavy atom. The van der Waals surface area contributed by atoms with Gasteiger partial charge in [0.05, 0.1) is 6.42 Å². The van der Waals surface area contributed by atoms with Gasteiger partial charge in [-0.2, -0.15) is 11.8 Å². The van der Waals surface area contributed by atoms with Gasteiger partial charge in [0, 0.05) is 19.1 Å². The van der Waals surface area contributed by atoms with E-state index in [0.29, 0.717) is 13.1 Å². The average Bonchev–Trinajstić information content (AvgIpc) is 2.46. The number of unbranched alkanes of at least 4 members (excludes halogenated alkanes) is 3. The molecule has 1 atom stereocenters. The third kappa shape index (κ3) is 7.60.